The maximum atomic E-state index is 11.9. The third-order valence-electron chi connectivity index (χ3n) is 3.82. The Morgan fingerprint density at radius 1 is 1.40 bits per heavy atom. The molecule has 1 saturated heterocycles. The van der Waals surface area contributed by atoms with Crippen LogP contribution in [0, 0.1) is 0 Å². The van der Waals surface area contributed by atoms with Gasteiger partial charge in [0.1, 0.15) is 0 Å². The van der Waals surface area contributed by atoms with E-state index in [9.17, 15) is 4.79 Å². The second-order valence-corrected chi connectivity index (χ2v) is 6.41. The summed E-state index contributed by atoms with van der Waals surface area (Å²) in [6.45, 7) is 0.640. The van der Waals surface area contributed by atoms with Gasteiger partial charge in [-0.15, -0.1) is 0 Å². The van der Waals surface area contributed by atoms with E-state index in [4.69, 9.17) is 4.74 Å². The van der Waals surface area contributed by atoms with Crippen LogP contribution in [0.25, 0.3) is 0 Å². The molecule has 20 heavy (non-hydrogen) atoms. The zero-order chi connectivity index (χ0) is 14.3. The van der Waals surface area contributed by atoms with Crippen LogP contribution in [0.4, 0.5) is 0 Å². The van der Waals surface area contributed by atoms with Gasteiger partial charge >= 0.3 is 0 Å². The Kier molecular flexibility index (Phi) is 5.92. The fourth-order valence-electron chi connectivity index (χ4n) is 2.41. The number of carbonyl (C=O) groups excluding carboxylic acids is 1. The van der Waals surface area contributed by atoms with Crippen molar-refractivity contribution < 1.29 is 9.53 Å². The molecule has 2 rings (SSSR count). The molecular formula is C16H23NO2S. The molecule has 0 aromatic heterocycles. The van der Waals surface area contributed by atoms with Crippen molar-refractivity contribution in [2.75, 3.05) is 25.2 Å². The molecule has 1 unspecified atom stereocenters. The first-order chi connectivity index (χ1) is 9.74. The highest BCUT2D eigenvalue weighted by Crippen LogP contribution is 2.30. The average Bonchev–Trinajstić information content (AvgIpc) is 2.96. The molecule has 0 radical (unpaired) electrons. The molecule has 4 heteroatoms. The molecule has 1 aromatic rings. The lowest BCUT2D eigenvalue weighted by Gasteiger charge is -2.26. The van der Waals surface area contributed by atoms with Crippen LogP contribution in [0.15, 0.2) is 30.3 Å². The molecule has 110 valence electrons. The third-order valence-corrected chi connectivity index (χ3v) is 5.04. The standard InChI is InChI=1S/C16H23NO2S/c1-19-16(10-11-20-13-16)12-17-15(18)9-5-8-14-6-3-2-4-7-14/h2-4,6-7H,5,8-13H2,1H3,(H,17,18). The first-order valence-corrected chi connectivity index (χ1v) is 8.33. The van der Waals surface area contributed by atoms with Crippen LogP contribution in [-0.4, -0.2) is 36.7 Å². The fourth-order valence-corrected chi connectivity index (χ4v) is 3.80. The van der Waals surface area contributed by atoms with E-state index in [-0.39, 0.29) is 11.5 Å². The maximum Gasteiger partial charge on any atom is 0.220 e. The normalized spacial score (nSPS) is 21.9. The van der Waals surface area contributed by atoms with Gasteiger partial charge in [-0.05, 0) is 30.6 Å². The summed E-state index contributed by atoms with van der Waals surface area (Å²) in [7, 11) is 1.74. The van der Waals surface area contributed by atoms with Gasteiger partial charge in [-0.2, -0.15) is 11.8 Å². The summed E-state index contributed by atoms with van der Waals surface area (Å²) < 4.78 is 5.59. The molecular weight excluding hydrogens is 270 g/mol. The molecule has 0 aliphatic carbocycles. The number of benzene rings is 1. The first kappa shape index (κ1) is 15.4. The van der Waals surface area contributed by atoms with Gasteiger partial charge < -0.3 is 10.1 Å². The zero-order valence-corrected chi connectivity index (χ0v) is 12.9. The lowest BCUT2D eigenvalue weighted by Crippen LogP contribution is -2.44. The smallest absolute Gasteiger partial charge is 0.220 e. The van der Waals surface area contributed by atoms with E-state index in [1.807, 2.05) is 30.0 Å². The Bertz CT molecular complexity index is 416. The highest BCUT2D eigenvalue weighted by molar-refractivity contribution is 7.99. The number of ether oxygens (including phenoxy) is 1. The van der Waals surface area contributed by atoms with E-state index in [0.29, 0.717) is 13.0 Å². The monoisotopic (exact) mass is 293 g/mol. The highest BCUT2D eigenvalue weighted by Gasteiger charge is 2.34. The predicted molar refractivity (Wildman–Crippen MR) is 84.1 cm³/mol. The largest absolute Gasteiger partial charge is 0.376 e. The van der Waals surface area contributed by atoms with E-state index in [1.54, 1.807) is 7.11 Å². The quantitative estimate of drug-likeness (QED) is 0.840. The molecule has 1 aromatic carbocycles. The Balaban J connectivity index is 1.65. The van der Waals surface area contributed by atoms with Crippen LogP contribution in [-0.2, 0) is 16.0 Å². The summed E-state index contributed by atoms with van der Waals surface area (Å²) in [6, 6.07) is 10.3. The van der Waals surface area contributed by atoms with Crippen molar-refractivity contribution in [3.63, 3.8) is 0 Å². The van der Waals surface area contributed by atoms with Crippen molar-refractivity contribution in [2.24, 2.45) is 0 Å². The van der Waals surface area contributed by atoms with Crippen LogP contribution < -0.4 is 5.32 Å². The van der Waals surface area contributed by atoms with Crippen LogP contribution in [0.3, 0.4) is 0 Å². The molecule has 1 heterocycles. The van der Waals surface area contributed by atoms with Gasteiger partial charge in [0.2, 0.25) is 5.91 Å². The number of carbonyl (C=O) groups is 1. The number of rotatable bonds is 7. The van der Waals surface area contributed by atoms with E-state index < -0.39 is 0 Å². The number of hydrogen-bond donors (Lipinski definition) is 1. The molecule has 1 atom stereocenters. The van der Waals surface area contributed by atoms with Gasteiger partial charge in [-0.25, -0.2) is 0 Å². The molecule has 1 aliphatic heterocycles. The second-order valence-electron chi connectivity index (χ2n) is 5.31. The molecule has 0 spiro atoms. The van der Waals surface area contributed by atoms with Crippen molar-refractivity contribution in [3.05, 3.63) is 35.9 Å². The summed E-state index contributed by atoms with van der Waals surface area (Å²) >= 11 is 1.90. The van der Waals surface area contributed by atoms with Crippen molar-refractivity contribution >= 4 is 17.7 Å². The molecule has 1 fully saturated rings. The van der Waals surface area contributed by atoms with E-state index in [2.05, 4.69) is 17.4 Å². The van der Waals surface area contributed by atoms with Gasteiger partial charge in [-0.1, -0.05) is 30.3 Å². The zero-order valence-electron chi connectivity index (χ0n) is 12.1. The maximum absolute atomic E-state index is 11.9. The summed E-state index contributed by atoms with van der Waals surface area (Å²) in [5.41, 5.74) is 1.15. The summed E-state index contributed by atoms with van der Waals surface area (Å²) in [5.74, 6) is 2.24. The Hall–Kier alpha value is -1.00. The van der Waals surface area contributed by atoms with Crippen molar-refractivity contribution in [2.45, 2.75) is 31.3 Å². The molecule has 3 nitrogen and oxygen atoms in total. The van der Waals surface area contributed by atoms with Crippen LogP contribution in [0.5, 0.6) is 0 Å². The van der Waals surface area contributed by atoms with Gasteiger partial charge in [0.25, 0.3) is 0 Å². The number of methoxy groups -OCH3 is 1. The Labute approximate surface area is 125 Å². The molecule has 0 bridgehead atoms. The topological polar surface area (TPSA) is 38.3 Å². The molecule has 0 saturated carbocycles. The SMILES string of the molecule is COC1(CNC(=O)CCCc2ccccc2)CCSC1. The number of hydrogen-bond acceptors (Lipinski definition) is 3. The Morgan fingerprint density at radius 3 is 2.85 bits per heavy atom. The number of amides is 1. The summed E-state index contributed by atoms with van der Waals surface area (Å²) in [5, 5.41) is 3.03. The van der Waals surface area contributed by atoms with Gasteiger partial charge in [0.15, 0.2) is 0 Å². The lowest BCUT2D eigenvalue weighted by atomic mass is 10.0. The minimum atomic E-state index is -0.139. The van der Waals surface area contributed by atoms with Crippen molar-refractivity contribution in [1.82, 2.24) is 5.32 Å². The number of thioether (sulfide) groups is 1. The van der Waals surface area contributed by atoms with Crippen molar-refractivity contribution in [1.29, 1.82) is 0 Å². The number of aryl methyl sites for hydroxylation is 1. The minimum absolute atomic E-state index is 0.134. The van der Waals surface area contributed by atoms with E-state index >= 15 is 0 Å². The van der Waals surface area contributed by atoms with Gasteiger partial charge in [0.05, 0.1) is 5.60 Å². The molecule has 1 N–H and O–H groups in total. The first-order valence-electron chi connectivity index (χ1n) is 7.18. The fraction of sp³-hybridized carbons (Fsp3) is 0.562. The number of nitrogens with one attached hydrogen (secondary N) is 1. The second kappa shape index (κ2) is 7.70. The average molecular weight is 293 g/mol. The molecule has 1 amide bonds. The summed E-state index contributed by atoms with van der Waals surface area (Å²) in [6.07, 6.45) is 3.46. The third kappa shape index (κ3) is 4.53. The Morgan fingerprint density at radius 2 is 2.20 bits per heavy atom. The highest BCUT2D eigenvalue weighted by atomic mass is 32.2. The summed E-state index contributed by atoms with van der Waals surface area (Å²) in [4.78, 5) is 11.9. The van der Waals surface area contributed by atoms with E-state index in [0.717, 1.165) is 30.8 Å². The lowest BCUT2D eigenvalue weighted by molar-refractivity contribution is -0.122. The van der Waals surface area contributed by atoms with Gasteiger partial charge in [-0.3, -0.25) is 4.79 Å². The van der Waals surface area contributed by atoms with Crippen LogP contribution in [0.1, 0.15) is 24.8 Å². The predicted octanol–water partition coefficient (Wildman–Crippen LogP) is 2.65. The van der Waals surface area contributed by atoms with Crippen LogP contribution in [0.2, 0.25) is 0 Å². The van der Waals surface area contributed by atoms with Crippen molar-refractivity contribution in [3.8, 4) is 0 Å². The van der Waals surface area contributed by atoms with E-state index in [1.165, 1.54) is 5.56 Å². The molecule has 1 aliphatic rings. The van der Waals surface area contributed by atoms with Crippen LogP contribution >= 0.6 is 11.8 Å². The van der Waals surface area contributed by atoms with Gasteiger partial charge in [0, 0.05) is 25.8 Å². The minimum Gasteiger partial charge on any atom is -0.376 e.